The topological polar surface area (TPSA) is 49.8 Å². The van der Waals surface area contributed by atoms with Gasteiger partial charge >= 0.3 is 6.09 Å². The molecular weight excluding hydrogens is 346 g/mol. The summed E-state index contributed by atoms with van der Waals surface area (Å²) in [6, 6.07) is 18.8. The van der Waals surface area contributed by atoms with Crippen molar-refractivity contribution in [3.63, 3.8) is 0 Å². The van der Waals surface area contributed by atoms with Crippen molar-refractivity contribution in [3.8, 4) is 0 Å². The predicted octanol–water partition coefficient (Wildman–Crippen LogP) is 4.80. The highest BCUT2D eigenvalue weighted by Crippen LogP contribution is 2.20. The van der Waals surface area contributed by atoms with Gasteiger partial charge < -0.3 is 4.74 Å². The number of halogens is 1. The maximum Gasteiger partial charge on any atom is 0.434 e. The SMILES string of the molecule is O=C(OCc1ccccc1)N(O)C(CCl)CCSc1ccccc1. The average Bonchev–Trinajstić information content (AvgIpc) is 2.64. The molecule has 0 aliphatic heterocycles. The zero-order chi connectivity index (χ0) is 17.2. The first-order valence-electron chi connectivity index (χ1n) is 7.63. The first-order valence-corrected chi connectivity index (χ1v) is 9.15. The molecule has 0 spiro atoms. The third-order valence-corrected chi connectivity index (χ3v) is 4.78. The van der Waals surface area contributed by atoms with Gasteiger partial charge in [0.2, 0.25) is 0 Å². The van der Waals surface area contributed by atoms with Crippen LogP contribution in [0.1, 0.15) is 12.0 Å². The predicted molar refractivity (Wildman–Crippen MR) is 96.5 cm³/mol. The molecule has 0 aromatic heterocycles. The van der Waals surface area contributed by atoms with Gasteiger partial charge in [-0.3, -0.25) is 5.21 Å². The molecule has 4 nitrogen and oxygen atoms in total. The largest absolute Gasteiger partial charge is 0.443 e. The van der Waals surface area contributed by atoms with Crippen LogP contribution < -0.4 is 0 Å². The van der Waals surface area contributed by atoms with Gasteiger partial charge in [-0.25, -0.2) is 4.79 Å². The van der Waals surface area contributed by atoms with Gasteiger partial charge in [0, 0.05) is 16.5 Å². The molecule has 0 saturated heterocycles. The minimum absolute atomic E-state index is 0.116. The van der Waals surface area contributed by atoms with Crippen molar-refractivity contribution in [2.24, 2.45) is 0 Å². The lowest BCUT2D eigenvalue weighted by atomic mass is 10.2. The van der Waals surface area contributed by atoms with E-state index in [9.17, 15) is 10.0 Å². The molecule has 2 aromatic rings. The van der Waals surface area contributed by atoms with Gasteiger partial charge in [0.05, 0.1) is 6.04 Å². The van der Waals surface area contributed by atoms with Gasteiger partial charge in [-0.05, 0) is 24.1 Å². The van der Waals surface area contributed by atoms with Crippen molar-refractivity contribution < 1.29 is 14.7 Å². The number of rotatable bonds is 8. The molecule has 1 N–H and O–H groups in total. The zero-order valence-corrected chi connectivity index (χ0v) is 14.7. The molecule has 0 saturated carbocycles. The van der Waals surface area contributed by atoms with E-state index in [2.05, 4.69) is 0 Å². The summed E-state index contributed by atoms with van der Waals surface area (Å²) in [7, 11) is 0. The normalized spacial score (nSPS) is 11.8. The number of ether oxygens (including phenoxy) is 1. The second-order valence-electron chi connectivity index (χ2n) is 5.14. The molecule has 2 aromatic carbocycles. The van der Waals surface area contributed by atoms with E-state index in [-0.39, 0.29) is 12.5 Å². The average molecular weight is 366 g/mol. The number of nitrogens with zero attached hydrogens (tertiary/aromatic N) is 1. The summed E-state index contributed by atoms with van der Waals surface area (Å²) in [6.07, 6.45) is -0.214. The third kappa shape index (κ3) is 6.07. The van der Waals surface area contributed by atoms with Crippen LogP contribution in [0.5, 0.6) is 0 Å². The van der Waals surface area contributed by atoms with Crippen LogP contribution in [-0.2, 0) is 11.3 Å². The van der Waals surface area contributed by atoms with Gasteiger partial charge in [-0.15, -0.1) is 23.4 Å². The van der Waals surface area contributed by atoms with Gasteiger partial charge in [0.1, 0.15) is 6.61 Å². The van der Waals surface area contributed by atoms with E-state index in [1.807, 2.05) is 60.7 Å². The molecule has 24 heavy (non-hydrogen) atoms. The Balaban J connectivity index is 1.77. The highest BCUT2D eigenvalue weighted by atomic mass is 35.5. The second kappa shape index (κ2) is 10.2. The van der Waals surface area contributed by atoms with Crippen LogP contribution in [0.15, 0.2) is 65.6 Å². The molecule has 2 rings (SSSR count). The molecule has 1 amide bonds. The first kappa shape index (κ1) is 18.6. The van der Waals surface area contributed by atoms with Crippen molar-refractivity contribution in [2.45, 2.75) is 24.0 Å². The summed E-state index contributed by atoms with van der Waals surface area (Å²) in [6.45, 7) is 0.116. The Hall–Kier alpha value is -1.69. The molecular formula is C18H20ClNO3S. The van der Waals surface area contributed by atoms with Crippen LogP contribution in [-0.4, -0.2) is 34.0 Å². The number of thioether (sulfide) groups is 1. The number of benzene rings is 2. The molecule has 0 fully saturated rings. The molecule has 0 radical (unpaired) electrons. The van der Waals surface area contributed by atoms with Crippen LogP contribution in [0.2, 0.25) is 0 Å². The van der Waals surface area contributed by atoms with E-state index < -0.39 is 12.1 Å². The Morgan fingerprint density at radius 1 is 1.12 bits per heavy atom. The fourth-order valence-electron chi connectivity index (χ4n) is 2.03. The number of hydrogen-bond acceptors (Lipinski definition) is 4. The Labute approximate surface area is 151 Å². The Bertz CT molecular complexity index is 612. The standard InChI is InChI=1S/C18H20ClNO3S/c19-13-16(11-12-24-17-9-5-2-6-10-17)20(22)18(21)23-14-15-7-3-1-4-8-15/h1-10,16,22H,11-14H2. The monoisotopic (exact) mass is 365 g/mol. The van der Waals surface area contributed by atoms with Gasteiger partial charge in [0.15, 0.2) is 0 Å². The minimum atomic E-state index is -0.783. The van der Waals surface area contributed by atoms with E-state index in [0.29, 0.717) is 11.5 Å². The number of carbonyl (C=O) groups excluding carboxylic acids is 1. The number of hydrogen-bond donors (Lipinski definition) is 1. The molecule has 0 heterocycles. The Morgan fingerprint density at radius 2 is 1.75 bits per heavy atom. The van der Waals surface area contributed by atoms with Gasteiger partial charge in [-0.2, -0.15) is 5.06 Å². The van der Waals surface area contributed by atoms with E-state index in [0.717, 1.165) is 16.2 Å². The van der Waals surface area contributed by atoms with Crippen molar-refractivity contribution >= 4 is 29.5 Å². The quantitative estimate of drug-likeness (QED) is 0.316. The minimum Gasteiger partial charge on any atom is -0.443 e. The number of hydroxylamine groups is 2. The fraction of sp³-hybridized carbons (Fsp3) is 0.278. The summed E-state index contributed by atoms with van der Waals surface area (Å²) in [4.78, 5) is 13.1. The molecule has 1 unspecified atom stereocenters. The molecule has 0 aliphatic carbocycles. The Kier molecular flexibility index (Phi) is 7.95. The van der Waals surface area contributed by atoms with E-state index >= 15 is 0 Å². The summed E-state index contributed by atoms with van der Waals surface area (Å²) >= 11 is 7.54. The summed E-state index contributed by atoms with van der Waals surface area (Å²) in [5, 5.41) is 10.6. The molecule has 0 bridgehead atoms. The van der Waals surface area contributed by atoms with Crippen LogP contribution in [0.3, 0.4) is 0 Å². The number of amides is 1. The highest BCUT2D eigenvalue weighted by molar-refractivity contribution is 7.99. The van der Waals surface area contributed by atoms with Gasteiger partial charge in [-0.1, -0.05) is 48.5 Å². The van der Waals surface area contributed by atoms with Crippen LogP contribution in [0.4, 0.5) is 4.79 Å². The lowest BCUT2D eigenvalue weighted by Crippen LogP contribution is -2.39. The third-order valence-electron chi connectivity index (χ3n) is 3.38. The molecule has 128 valence electrons. The van der Waals surface area contributed by atoms with Crippen molar-refractivity contribution in [2.75, 3.05) is 11.6 Å². The van der Waals surface area contributed by atoms with Gasteiger partial charge in [0.25, 0.3) is 0 Å². The van der Waals surface area contributed by atoms with E-state index in [4.69, 9.17) is 16.3 Å². The number of carbonyl (C=O) groups is 1. The van der Waals surface area contributed by atoms with E-state index in [1.54, 1.807) is 11.8 Å². The van der Waals surface area contributed by atoms with Crippen LogP contribution >= 0.6 is 23.4 Å². The number of alkyl halides is 1. The van der Waals surface area contributed by atoms with Crippen molar-refractivity contribution in [1.29, 1.82) is 0 Å². The fourth-order valence-corrected chi connectivity index (χ4v) is 3.29. The van der Waals surface area contributed by atoms with Crippen LogP contribution in [0.25, 0.3) is 0 Å². The summed E-state index contributed by atoms with van der Waals surface area (Å²) < 4.78 is 5.11. The molecule has 6 heteroatoms. The maximum absolute atomic E-state index is 11.9. The maximum atomic E-state index is 11.9. The van der Waals surface area contributed by atoms with Crippen molar-refractivity contribution in [1.82, 2.24) is 5.06 Å². The smallest absolute Gasteiger partial charge is 0.434 e. The molecule has 1 atom stereocenters. The summed E-state index contributed by atoms with van der Waals surface area (Å²) in [5.41, 5.74) is 0.862. The zero-order valence-electron chi connectivity index (χ0n) is 13.2. The second-order valence-corrected chi connectivity index (χ2v) is 6.62. The first-order chi connectivity index (χ1) is 11.7. The van der Waals surface area contributed by atoms with Crippen LogP contribution in [0, 0.1) is 0 Å². The van der Waals surface area contributed by atoms with E-state index in [1.165, 1.54) is 0 Å². The highest BCUT2D eigenvalue weighted by Gasteiger charge is 2.22. The lowest BCUT2D eigenvalue weighted by molar-refractivity contribution is -0.101. The van der Waals surface area contributed by atoms with Crippen molar-refractivity contribution in [3.05, 3.63) is 66.2 Å². The lowest BCUT2D eigenvalue weighted by Gasteiger charge is -2.23. The summed E-state index contributed by atoms with van der Waals surface area (Å²) in [5.74, 6) is 0.886. The molecule has 0 aliphatic rings. The Morgan fingerprint density at radius 3 is 2.38 bits per heavy atom.